The molecule has 0 bridgehead atoms. The topological polar surface area (TPSA) is 49.4 Å². The number of rotatable bonds is 1. The fourth-order valence-electron chi connectivity index (χ4n) is 2.78. The molecule has 2 heterocycles. The number of hydrogen-bond donors (Lipinski definition) is 1. The van der Waals surface area contributed by atoms with Crippen LogP contribution < -0.4 is 5.32 Å². The SMILES string of the molecule is O=C1c2ccc(Br)cc2C(=O)N1C1CCCCNC1. The Bertz CT molecular complexity index is 536. The van der Waals surface area contributed by atoms with Gasteiger partial charge in [0.1, 0.15) is 0 Å². The first-order valence-corrected chi connectivity index (χ1v) is 7.36. The molecule has 3 rings (SSSR count). The zero-order valence-electron chi connectivity index (χ0n) is 10.5. The Morgan fingerprint density at radius 3 is 2.79 bits per heavy atom. The van der Waals surface area contributed by atoms with Crippen molar-refractivity contribution in [3.8, 4) is 0 Å². The Morgan fingerprint density at radius 2 is 1.95 bits per heavy atom. The number of nitrogens with one attached hydrogen (secondary N) is 1. The molecule has 1 atom stereocenters. The summed E-state index contributed by atoms with van der Waals surface area (Å²) < 4.78 is 0.827. The summed E-state index contributed by atoms with van der Waals surface area (Å²) >= 11 is 3.35. The van der Waals surface area contributed by atoms with E-state index in [4.69, 9.17) is 0 Å². The molecular formula is C14H15BrN2O2. The highest BCUT2D eigenvalue weighted by molar-refractivity contribution is 9.10. The van der Waals surface area contributed by atoms with Crippen LogP contribution in [0.4, 0.5) is 0 Å². The minimum absolute atomic E-state index is 0.0197. The summed E-state index contributed by atoms with van der Waals surface area (Å²) in [5, 5.41) is 3.30. The average Bonchev–Trinajstić information content (AvgIpc) is 2.62. The molecule has 1 fully saturated rings. The molecule has 2 aliphatic rings. The maximum Gasteiger partial charge on any atom is 0.261 e. The van der Waals surface area contributed by atoms with Gasteiger partial charge in [-0.2, -0.15) is 0 Å². The van der Waals surface area contributed by atoms with E-state index in [-0.39, 0.29) is 17.9 Å². The van der Waals surface area contributed by atoms with Crippen molar-refractivity contribution in [3.05, 3.63) is 33.8 Å². The zero-order chi connectivity index (χ0) is 13.4. The lowest BCUT2D eigenvalue weighted by Crippen LogP contribution is -2.44. The number of benzene rings is 1. The summed E-state index contributed by atoms with van der Waals surface area (Å²) in [5.41, 5.74) is 1.04. The number of carbonyl (C=O) groups is 2. The molecule has 100 valence electrons. The fraction of sp³-hybridized carbons (Fsp3) is 0.429. The van der Waals surface area contributed by atoms with Gasteiger partial charge in [-0.3, -0.25) is 14.5 Å². The van der Waals surface area contributed by atoms with Gasteiger partial charge in [0.25, 0.3) is 11.8 Å². The zero-order valence-corrected chi connectivity index (χ0v) is 12.1. The molecule has 19 heavy (non-hydrogen) atoms. The number of hydrogen-bond acceptors (Lipinski definition) is 3. The van der Waals surface area contributed by atoms with Crippen LogP contribution in [0, 0.1) is 0 Å². The monoisotopic (exact) mass is 322 g/mol. The summed E-state index contributed by atoms with van der Waals surface area (Å²) in [6, 6.07) is 5.25. The summed E-state index contributed by atoms with van der Waals surface area (Å²) in [6.07, 6.45) is 3.04. The van der Waals surface area contributed by atoms with Crippen molar-refractivity contribution in [3.63, 3.8) is 0 Å². The van der Waals surface area contributed by atoms with Crippen LogP contribution in [0.5, 0.6) is 0 Å². The van der Waals surface area contributed by atoms with E-state index in [1.54, 1.807) is 18.2 Å². The minimum Gasteiger partial charge on any atom is -0.315 e. The first kappa shape index (κ1) is 12.8. The molecule has 1 aromatic carbocycles. The van der Waals surface area contributed by atoms with Gasteiger partial charge in [-0.15, -0.1) is 0 Å². The number of imide groups is 1. The third-order valence-corrected chi connectivity index (χ3v) is 4.26. The van der Waals surface area contributed by atoms with Crippen LogP contribution in [0.2, 0.25) is 0 Å². The van der Waals surface area contributed by atoms with Crippen molar-refractivity contribution in [2.24, 2.45) is 0 Å². The van der Waals surface area contributed by atoms with Crippen LogP contribution in [0.3, 0.4) is 0 Å². The fourth-order valence-corrected chi connectivity index (χ4v) is 3.15. The number of carbonyl (C=O) groups excluding carboxylic acids is 2. The van der Waals surface area contributed by atoms with E-state index in [2.05, 4.69) is 21.2 Å². The average molecular weight is 323 g/mol. The lowest BCUT2D eigenvalue weighted by molar-refractivity contribution is 0.0579. The number of fused-ring (bicyclic) bond motifs is 1. The molecule has 2 aliphatic heterocycles. The van der Waals surface area contributed by atoms with Crippen molar-refractivity contribution in [2.45, 2.75) is 25.3 Å². The summed E-state index contributed by atoms with van der Waals surface area (Å²) in [5.74, 6) is -0.309. The Labute approximate surface area is 120 Å². The Hall–Kier alpha value is -1.20. The molecule has 0 radical (unpaired) electrons. The second kappa shape index (κ2) is 5.06. The van der Waals surface area contributed by atoms with Crippen LogP contribution in [0.25, 0.3) is 0 Å². The first-order chi connectivity index (χ1) is 9.18. The molecule has 0 aliphatic carbocycles. The molecule has 1 aromatic rings. The normalized spacial score (nSPS) is 23.4. The second-order valence-corrected chi connectivity index (χ2v) is 5.94. The highest BCUT2D eigenvalue weighted by atomic mass is 79.9. The van der Waals surface area contributed by atoms with Gasteiger partial charge in [-0.05, 0) is 37.6 Å². The standard InChI is InChI=1S/C14H15BrN2O2/c15-9-4-5-11-12(7-9)14(19)17(13(11)18)10-3-1-2-6-16-8-10/h4-5,7,10,16H,1-3,6,8H2. The summed E-state index contributed by atoms with van der Waals surface area (Å²) in [4.78, 5) is 26.3. The van der Waals surface area contributed by atoms with Crippen molar-refractivity contribution in [2.75, 3.05) is 13.1 Å². The molecule has 1 N–H and O–H groups in total. The molecule has 1 unspecified atom stereocenters. The van der Waals surface area contributed by atoms with Crippen molar-refractivity contribution in [1.29, 1.82) is 0 Å². The Balaban J connectivity index is 1.93. The molecule has 5 heteroatoms. The van der Waals surface area contributed by atoms with Crippen molar-refractivity contribution >= 4 is 27.7 Å². The van der Waals surface area contributed by atoms with E-state index >= 15 is 0 Å². The van der Waals surface area contributed by atoms with Gasteiger partial charge >= 0.3 is 0 Å². The third kappa shape index (κ3) is 2.21. The first-order valence-electron chi connectivity index (χ1n) is 6.56. The van der Waals surface area contributed by atoms with Gasteiger partial charge in [0, 0.05) is 11.0 Å². The van der Waals surface area contributed by atoms with Gasteiger partial charge < -0.3 is 5.32 Å². The maximum atomic E-state index is 12.4. The van der Waals surface area contributed by atoms with Crippen LogP contribution in [0.15, 0.2) is 22.7 Å². The molecule has 1 saturated heterocycles. The van der Waals surface area contributed by atoms with Gasteiger partial charge in [-0.1, -0.05) is 22.4 Å². The molecular weight excluding hydrogens is 308 g/mol. The Kier molecular flexibility index (Phi) is 3.41. The largest absolute Gasteiger partial charge is 0.315 e. The van der Waals surface area contributed by atoms with Gasteiger partial charge in [-0.25, -0.2) is 0 Å². The van der Waals surface area contributed by atoms with Crippen molar-refractivity contribution < 1.29 is 9.59 Å². The van der Waals surface area contributed by atoms with Crippen LogP contribution in [0.1, 0.15) is 40.0 Å². The molecule has 0 spiro atoms. The highest BCUT2D eigenvalue weighted by Gasteiger charge is 2.39. The quantitative estimate of drug-likeness (QED) is 0.806. The van der Waals surface area contributed by atoms with Gasteiger partial charge in [0.05, 0.1) is 17.2 Å². The number of halogens is 1. The summed E-state index contributed by atoms with van der Waals surface area (Å²) in [7, 11) is 0. The van der Waals surface area contributed by atoms with E-state index in [1.807, 2.05) is 0 Å². The second-order valence-electron chi connectivity index (χ2n) is 5.02. The molecule has 4 nitrogen and oxygen atoms in total. The van der Waals surface area contributed by atoms with Gasteiger partial charge in [0.15, 0.2) is 0 Å². The van der Waals surface area contributed by atoms with E-state index in [0.29, 0.717) is 17.7 Å². The van der Waals surface area contributed by atoms with E-state index in [1.165, 1.54) is 4.90 Å². The van der Waals surface area contributed by atoms with E-state index < -0.39 is 0 Å². The maximum absolute atomic E-state index is 12.4. The lowest BCUT2D eigenvalue weighted by Gasteiger charge is -2.24. The summed E-state index contributed by atoms with van der Waals surface area (Å²) in [6.45, 7) is 1.66. The van der Waals surface area contributed by atoms with Crippen LogP contribution in [-0.2, 0) is 0 Å². The molecule has 2 amide bonds. The smallest absolute Gasteiger partial charge is 0.261 e. The number of amides is 2. The van der Waals surface area contributed by atoms with E-state index in [0.717, 1.165) is 30.3 Å². The predicted octanol–water partition coefficient (Wildman–Crippen LogP) is 2.19. The highest BCUT2D eigenvalue weighted by Crippen LogP contribution is 2.28. The lowest BCUT2D eigenvalue weighted by atomic mass is 10.1. The molecule has 0 saturated carbocycles. The van der Waals surface area contributed by atoms with Crippen LogP contribution >= 0.6 is 15.9 Å². The van der Waals surface area contributed by atoms with Crippen LogP contribution in [-0.4, -0.2) is 35.8 Å². The van der Waals surface area contributed by atoms with E-state index in [9.17, 15) is 9.59 Å². The van der Waals surface area contributed by atoms with Gasteiger partial charge in [0.2, 0.25) is 0 Å². The minimum atomic E-state index is -0.157. The third-order valence-electron chi connectivity index (χ3n) is 3.77. The predicted molar refractivity (Wildman–Crippen MR) is 75.2 cm³/mol. The molecule has 0 aromatic heterocycles. The van der Waals surface area contributed by atoms with Crippen molar-refractivity contribution in [1.82, 2.24) is 10.2 Å². The Morgan fingerprint density at radius 1 is 1.16 bits per heavy atom. The number of nitrogens with zero attached hydrogens (tertiary/aromatic N) is 1.